The minimum absolute atomic E-state index is 0.0498. The molecule has 0 aliphatic carbocycles. The quantitative estimate of drug-likeness (QED) is 0.822. The van der Waals surface area contributed by atoms with E-state index in [9.17, 15) is 4.79 Å². The lowest BCUT2D eigenvalue weighted by molar-refractivity contribution is -0.112. The Hall–Kier alpha value is -1.84. The third kappa shape index (κ3) is 2.05. The van der Waals surface area contributed by atoms with Gasteiger partial charge in [0.1, 0.15) is 0 Å². The van der Waals surface area contributed by atoms with E-state index >= 15 is 0 Å². The summed E-state index contributed by atoms with van der Waals surface area (Å²) in [6.07, 6.45) is 0. The monoisotopic (exact) mass is 217 g/mol. The fraction of sp³-hybridized carbons (Fsp3) is 0.333. The van der Waals surface area contributed by atoms with Gasteiger partial charge in [0, 0.05) is 18.8 Å². The van der Waals surface area contributed by atoms with Gasteiger partial charge in [-0.3, -0.25) is 9.79 Å². The van der Waals surface area contributed by atoms with Crippen molar-refractivity contribution < 1.29 is 4.79 Å². The number of nitrogens with one attached hydrogen (secondary N) is 1. The van der Waals surface area contributed by atoms with Crippen molar-refractivity contribution in [1.29, 1.82) is 0 Å². The molecule has 0 aromatic heterocycles. The standard InChI is InChI=1S/C12H15N3O/c1-2-15(10-6-4-3-5-7-10)12(16)11-13-8-9-14-11/h3-7H,2,8-9H2,1H3,(H,13,14). The van der Waals surface area contributed by atoms with Crippen LogP contribution in [0.4, 0.5) is 5.69 Å². The summed E-state index contributed by atoms with van der Waals surface area (Å²) in [4.78, 5) is 18.0. The molecule has 84 valence electrons. The number of carbonyl (C=O) groups is 1. The SMILES string of the molecule is CCN(C(=O)C1=NCCN1)c1ccccc1. The highest BCUT2D eigenvalue weighted by molar-refractivity contribution is 6.43. The van der Waals surface area contributed by atoms with Crippen molar-refractivity contribution in [2.24, 2.45) is 4.99 Å². The molecule has 0 unspecified atom stereocenters. The van der Waals surface area contributed by atoms with Gasteiger partial charge in [-0.1, -0.05) is 18.2 Å². The normalized spacial score (nSPS) is 14.2. The van der Waals surface area contributed by atoms with Gasteiger partial charge in [0.25, 0.3) is 5.91 Å². The Bertz CT molecular complexity index is 400. The Labute approximate surface area is 95.0 Å². The zero-order chi connectivity index (χ0) is 11.4. The maximum absolute atomic E-state index is 12.1. The van der Waals surface area contributed by atoms with E-state index in [-0.39, 0.29) is 5.91 Å². The first kappa shape index (κ1) is 10.7. The minimum Gasteiger partial charge on any atom is -0.364 e. The molecule has 1 N–H and O–H groups in total. The van der Waals surface area contributed by atoms with Gasteiger partial charge in [0.15, 0.2) is 5.84 Å². The molecule has 1 aliphatic rings. The van der Waals surface area contributed by atoms with Crippen LogP contribution in [-0.4, -0.2) is 31.4 Å². The summed E-state index contributed by atoms with van der Waals surface area (Å²) in [5.41, 5.74) is 0.909. The molecule has 1 aromatic rings. The number of benzene rings is 1. The average molecular weight is 217 g/mol. The van der Waals surface area contributed by atoms with Crippen molar-refractivity contribution in [2.75, 3.05) is 24.5 Å². The number of aliphatic imine (C=N–C) groups is 1. The number of nitrogens with zero attached hydrogens (tertiary/aromatic N) is 2. The molecular weight excluding hydrogens is 202 g/mol. The van der Waals surface area contributed by atoms with Crippen LogP contribution >= 0.6 is 0 Å². The lowest BCUT2D eigenvalue weighted by atomic mass is 10.3. The number of para-hydroxylation sites is 1. The highest BCUT2D eigenvalue weighted by Gasteiger charge is 2.21. The van der Waals surface area contributed by atoms with Crippen LogP contribution in [-0.2, 0) is 4.79 Å². The van der Waals surface area contributed by atoms with Gasteiger partial charge in [-0.2, -0.15) is 0 Å². The van der Waals surface area contributed by atoms with Gasteiger partial charge in [-0.15, -0.1) is 0 Å². The molecule has 1 amide bonds. The maximum atomic E-state index is 12.1. The Balaban J connectivity index is 2.20. The molecule has 0 spiro atoms. The molecule has 4 nitrogen and oxygen atoms in total. The van der Waals surface area contributed by atoms with E-state index in [2.05, 4.69) is 10.3 Å². The number of amidine groups is 1. The molecule has 2 rings (SSSR count). The molecule has 16 heavy (non-hydrogen) atoms. The van der Waals surface area contributed by atoms with Crippen LogP contribution in [0.2, 0.25) is 0 Å². The van der Waals surface area contributed by atoms with Crippen molar-refractivity contribution in [3.05, 3.63) is 30.3 Å². The topological polar surface area (TPSA) is 44.7 Å². The fourth-order valence-electron chi connectivity index (χ4n) is 1.72. The van der Waals surface area contributed by atoms with Gasteiger partial charge in [0.05, 0.1) is 6.54 Å². The summed E-state index contributed by atoms with van der Waals surface area (Å²) < 4.78 is 0. The minimum atomic E-state index is -0.0498. The number of hydrogen-bond donors (Lipinski definition) is 1. The number of carbonyl (C=O) groups excluding carboxylic acids is 1. The lowest BCUT2D eigenvalue weighted by Crippen LogP contribution is -2.41. The summed E-state index contributed by atoms with van der Waals surface area (Å²) in [6.45, 7) is 4.05. The molecule has 1 aliphatic heterocycles. The van der Waals surface area contributed by atoms with Crippen molar-refractivity contribution in [1.82, 2.24) is 5.32 Å². The second-order valence-corrected chi connectivity index (χ2v) is 3.54. The van der Waals surface area contributed by atoms with Crippen LogP contribution in [0.5, 0.6) is 0 Å². The third-order valence-electron chi connectivity index (χ3n) is 2.51. The molecular formula is C12H15N3O. The Morgan fingerprint density at radius 1 is 1.44 bits per heavy atom. The van der Waals surface area contributed by atoms with Crippen LogP contribution in [0.3, 0.4) is 0 Å². The second kappa shape index (κ2) is 4.79. The number of anilines is 1. The molecule has 0 bridgehead atoms. The van der Waals surface area contributed by atoms with Gasteiger partial charge in [-0.05, 0) is 19.1 Å². The molecule has 0 fully saturated rings. The highest BCUT2D eigenvalue weighted by Crippen LogP contribution is 2.13. The number of hydrogen-bond acceptors (Lipinski definition) is 3. The molecule has 0 atom stereocenters. The van der Waals surface area contributed by atoms with E-state index in [1.54, 1.807) is 4.90 Å². The van der Waals surface area contributed by atoms with Gasteiger partial charge >= 0.3 is 0 Å². The van der Waals surface area contributed by atoms with Crippen molar-refractivity contribution in [3.8, 4) is 0 Å². The fourth-order valence-corrected chi connectivity index (χ4v) is 1.72. The number of rotatable bonds is 3. The van der Waals surface area contributed by atoms with Gasteiger partial charge < -0.3 is 10.2 Å². The van der Waals surface area contributed by atoms with Gasteiger partial charge in [0.2, 0.25) is 0 Å². The lowest BCUT2D eigenvalue weighted by Gasteiger charge is -2.20. The van der Waals surface area contributed by atoms with Crippen molar-refractivity contribution in [2.45, 2.75) is 6.92 Å². The number of amides is 1. The predicted octanol–water partition coefficient (Wildman–Crippen LogP) is 1.04. The Morgan fingerprint density at radius 3 is 2.75 bits per heavy atom. The highest BCUT2D eigenvalue weighted by atomic mass is 16.2. The van der Waals surface area contributed by atoms with E-state index in [4.69, 9.17) is 0 Å². The summed E-state index contributed by atoms with van der Waals surface area (Å²) in [7, 11) is 0. The van der Waals surface area contributed by atoms with Crippen LogP contribution in [0.25, 0.3) is 0 Å². The van der Waals surface area contributed by atoms with Crippen LogP contribution < -0.4 is 10.2 Å². The summed E-state index contributed by atoms with van der Waals surface area (Å²) in [5, 5.41) is 3.00. The predicted molar refractivity (Wildman–Crippen MR) is 64.8 cm³/mol. The molecule has 0 saturated carbocycles. The summed E-state index contributed by atoms with van der Waals surface area (Å²) >= 11 is 0. The molecule has 4 heteroatoms. The summed E-state index contributed by atoms with van der Waals surface area (Å²) in [5.74, 6) is 0.428. The molecule has 0 saturated heterocycles. The molecule has 1 aromatic carbocycles. The average Bonchev–Trinajstić information content (AvgIpc) is 2.85. The Kier molecular flexibility index (Phi) is 3.19. The number of likely N-dealkylation sites (N-methyl/N-ethyl adjacent to an activating group) is 1. The van der Waals surface area contributed by atoms with Crippen LogP contribution in [0, 0.1) is 0 Å². The van der Waals surface area contributed by atoms with E-state index < -0.39 is 0 Å². The first-order valence-electron chi connectivity index (χ1n) is 5.48. The zero-order valence-electron chi connectivity index (χ0n) is 9.31. The van der Waals surface area contributed by atoms with E-state index in [1.165, 1.54) is 0 Å². The second-order valence-electron chi connectivity index (χ2n) is 3.54. The maximum Gasteiger partial charge on any atom is 0.293 e. The molecule has 0 radical (unpaired) electrons. The van der Waals surface area contributed by atoms with Crippen LogP contribution in [0.1, 0.15) is 6.92 Å². The zero-order valence-corrected chi connectivity index (χ0v) is 9.31. The van der Waals surface area contributed by atoms with E-state index in [1.807, 2.05) is 37.3 Å². The Morgan fingerprint density at radius 2 is 2.19 bits per heavy atom. The first-order valence-corrected chi connectivity index (χ1v) is 5.48. The summed E-state index contributed by atoms with van der Waals surface area (Å²) in [6, 6.07) is 9.64. The first-order chi connectivity index (χ1) is 7.83. The molecule has 1 heterocycles. The van der Waals surface area contributed by atoms with E-state index in [0.717, 1.165) is 12.2 Å². The van der Waals surface area contributed by atoms with Crippen molar-refractivity contribution >= 4 is 17.4 Å². The van der Waals surface area contributed by atoms with Crippen molar-refractivity contribution in [3.63, 3.8) is 0 Å². The van der Waals surface area contributed by atoms with E-state index in [0.29, 0.717) is 18.9 Å². The third-order valence-corrected chi connectivity index (χ3v) is 2.51. The van der Waals surface area contributed by atoms with Crippen LogP contribution in [0.15, 0.2) is 35.3 Å². The largest absolute Gasteiger partial charge is 0.364 e. The van der Waals surface area contributed by atoms with Gasteiger partial charge in [-0.25, -0.2) is 0 Å². The smallest absolute Gasteiger partial charge is 0.293 e.